The molecule has 4 aromatic rings. The molecule has 1 aromatic heterocycles. The molecule has 0 aliphatic heterocycles. The smallest absolute Gasteiger partial charge is 0.343 e. The molecule has 6 N–H and O–H groups in total. The number of benzene rings is 3. The predicted octanol–water partition coefficient (Wildman–Crippen LogP) is 2.59. The first-order valence-corrected chi connectivity index (χ1v) is 10.3. The van der Waals surface area contributed by atoms with Crippen molar-refractivity contribution in [2.24, 2.45) is 0 Å². The summed E-state index contributed by atoms with van der Waals surface area (Å²) in [6.45, 7) is 0. The summed E-state index contributed by atoms with van der Waals surface area (Å²) in [6.07, 6.45) is 1.21. The molecule has 3 aromatic carbocycles. The highest BCUT2D eigenvalue weighted by molar-refractivity contribution is 6.06. The summed E-state index contributed by atoms with van der Waals surface area (Å²) in [4.78, 5) is 41.2. The van der Waals surface area contributed by atoms with Crippen LogP contribution in [0.15, 0.2) is 73.1 Å². The van der Waals surface area contributed by atoms with Gasteiger partial charge in [0.1, 0.15) is 17.8 Å². The number of nitrogens with two attached hydrogens (primary N) is 2. The summed E-state index contributed by atoms with van der Waals surface area (Å²) >= 11 is 0. The van der Waals surface area contributed by atoms with Crippen LogP contribution in [0.3, 0.4) is 0 Å². The van der Waals surface area contributed by atoms with Crippen LogP contribution in [0.2, 0.25) is 0 Å². The number of ether oxygens (including phenoxy) is 2. The average Bonchev–Trinajstić information content (AvgIpc) is 3.34. The van der Waals surface area contributed by atoms with Crippen LogP contribution < -0.4 is 26.3 Å². The van der Waals surface area contributed by atoms with Crippen molar-refractivity contribution in [3.05, 3.63) is 89.7 Å². The van der Waals surface area contributed by atoms with E-state index in [9.17, 15) is 14.4 Å². The van der Waals surface area contributed by atoms with E-state index in [0.717, 1.165) is 0 Å². The number of para-hydroxylation sites is 1. The number of esters is 2. The van der Waals surface area contributed by atoms with Gasteiger partial charge in [-0.2, -0.15) is 10.1 Å². The highest BCUT2D eigenvalue weighted by Gasteiger charge is 2.17. The standard InChI is InChI=1S/C24H20N6O5/c25-16-8-5-15(19(26)12-16)11-21(31)34-17-9-6-14(7-10-17)23(33)35-20-4-2-1-3-18(20)22(32)29-24-27-13-28-30-24/h1-10,12-13H,11,25-26H2,(H2,27,28,29,30,32). The zero-order valence-corrected chi connectivity index (χ0v) is 18.2. The Labute approximate surface area is 199 Å². The molecule has 0 aliphatic rings. The molecular weight excluding hydrogens is 452 g/mol. The van der Waals surface area contributed by atoms with Crippen LogP contribution in [0.25, 0.3) is 0 Å². The highest BCUT2D eigenvalue weighted by atomic mass is 16.5. The lowest BCUT2D eigenvalue weighted by Crippen LogP contribution is -2.17. The third-order valence-electron chi connectivity index (χ3n) is 4.81. The molecule has 0 unspecified atom stereocenters. The molecule has 1 heterocycles. The second kappa shape index (κ2) is 10.2. The van der Waals surface area contributed by atoms with E-state index in [4.69, 9.17) is 20.9 Å². The minimum absolute atomic E-state index is 0.0389. The molecule has 0 saturated carbocycles. The lowest BCUT2D eigenvalue weighted by molar-refractivity contribution is -0.133. The van der Waals surface area contributed by atoms with Crippen molar-refractivity contribution in [3.63, 3.8) is 0 Å². The van der Waals surface area contributed by atoms with Gasteiger partial charge >= 0.3 is 11.9 Å². The van der Waals surface area contributed by atoms with Crippen LogP contribution in [0, 0.1) is 0 Å². The van der Waals surface area contributed by atoms with Crippen LogP contribution in [0.1, 0.15) is 26.3 Å². The van der Waals surface area contributed by atoms with Crippen molar-refractivity contribution in [1.82, 2.24) is 15.2 Å². The number of nitrogen functional groups attached to an aromatic ring is 2. The number of nitrogens with one attached hydrogen (secondary N) is 2. The topological polar surface area (TPSA) is 175 Å². The summed E-state index contributed by atoms with van der Waals surface area (Å²) in [5, 5.41) is 8.69. The molecule has 0 aliphatic carbocycles. The monoisotopic (exact) mass is 472 g/mol. The first kappa shape index (κ1) is 23.0. The van der Waals surface area contributed by atoms with E-state index in [-0.39, 0.29) is 35.0 Å². The summed E-state index contributed by atoms with van der Waals surface area (Å²) in [6, 6.07) is 16.9. The Balaban J connectivity index is 1.39. The number of hydrogen-bond donors (Lipinski definition) is 4. The summed E-state index contributed by atoms with van der Waals surface area (Å²) in [7, 11) is 0. The van der Waals surface area contributed by atoms with Crippen molar-refractivity contribution in [2.75, 3.05) is 16.8 Å². The van der Waals surface area contributed by atoms with Crippen LogP contribution in [0.5, 0.6) is 11.5 Å². The summed E-state index contributed by atoms with van der Waals surface area (Å²) in [5.41, 5.74) is 13.3. The van der Waals surface area contributed by atoms with Gasteiger partial charge in [-0.1, -0.05) is 18.2 Å². The third kappa shape index (κ3) is 5.79. The maximum Gasteiger partial charge on any atom is 0.343 e. The van der Waals surface area contributed by atoms with Gasteiger partial charge in [-0.15, -0.1) is 0 Å². The highest BCUT2D eigenvalue weighted by Crippen LogP contribution is 2.22. The first-order valence-electron chi connectivity index (χ1n) is 10.3. The number of H-pyrrole nitrogens is 1. The molecule has 0 radical (unpaired) electrons. The molecule has 35 heavy (non-hydrogen) atoms. The van der Waals surface area contributed by atoms with Crippen LogP contribution in [-0.4, -0.2) is 33.0 Å². The zero-order chi connectivity index (χ0) is 24.8. The molecule has 4 rings (SSSR count). The molecule has 0 bridgehead atoms. The summed E-state index contributed by atoms with van der Waals surface area (Å²) < 4.78 is 10.7. The molecule has 0 spiro atoms. The number of aromatic amines is 1. The van der Waals surface area contributed by atoms with E-state index < -0.39 is 17.8 Å². The van der Waals surface area contributed by atoms with E-state index in [2.05, 4.69) is 20.5 Å². The van der Waals surface area contributed by atoms with E-state index in [1.807, 2.05) is 0 Å². The minimum atomic E-state index is -0.697. The third-order valence-corrected chi connectivity index (χ3v) is 4.81. The second-order valence-electron chi connectivity index (χ2n) is 7.31. The second-order valence-corrected chi connectivity index (χ2v) is 7.31. The van der Waals surface area contributed by atoms with Crippen molar-refractivity contribution in [1.29, 1.82) is 0 Å². The van der Waals surface area contributed by atoms with Gasteiger partial charge in [-0.25, -0.2) is 9.89 Å². The first-order chi connectivity index (χ1) is 16.9. The van der Waals surface area contributed by atoms with Crippen LogP contribution in [0.4, 0.5) is 17.3 Å². The van der Waals surface area contributed by atoms with Crippen LogP contribution >= 0.6 is 0 Å². The van der Waals surface area contributed by atoms with Crippen molar-refractivity contribution < 1.29 is 23.9 Å². The Kier molecular flexibility index (Phi) is 6.68. The van der Waals surface area contributed by atoms with E-state index >= 15 is 0 Å². The van der Waals surface area contributed by atoms with Crippen molar-refractivity contribution in [3.8, 4) is 11.5 Å². The zero-order valence-electron chi connectivity index (χ0n) is 18.2. The van der Waals surface area contributed by atoms with Gasteiger partial charge in [0, 0.05) is 11.4 Å². The summed E-state index contributed by atoms with van der Waals surface area (Å²) in [5.74, 6) is -1.30. The maximum atomic E-state index is 12.6. The normalized spacial score (nSPS) is 10.4. The number of nitrogens with zero attached hydrogens (tertiary/aromatic N) is 2. The lowest BCUT2D eigenvalue weighted by atomic mass is 10.1. The molecule has 176 valence electrons. The number of carbonyl (C=O) groups excluding carboxylic acids is 3. The quantitative estimate of drug-likeness (QED) is 0.179. The van der Waals surface area contributed by atoms with Gasteiger partial charge in [0.05, 0.1) is 17.5 Å². The van der Waals surface area contributed by atoms with E-state index in [1.165, 1.54) is 42.7 Å². The SMILES string of the molecule is Nc1ccc(CC(=O)Oc2ccc(C(=O)Oc3ccccc3C(=O)Nc3ncn[nH]3)cc2)c(N)c1. The van der Waals surface area contributed by atoms with Gasteiger partial charge in [0.2, 0.25) is 5.95 Å². The van der Waals surface area contributed by atoms with Crippen molar-refractivity contribution >= 4 is 35.2 Å². The van der Waals surface area contributed by atoms with Gasteiger partial charge in [0.15, 0.2) is 0 Å². The number of hydrogen-bond acceptors (Lipinski definition) is 9. The molecule has 0 saturated heterocycles. The predicted molar refractivity (Wildman–Crippen MR) is 127 cm³/mol. The maximum absolute atomic E-state index is 12.6. The Morgan fingerprint density at radius 2 is 1.71 bits per heavy atom. The molecular formula is C24H20N6O5. The number of rotatable bonds is 7. The minimum Gasteiger partial charge on any atom is -0.426 e. The molecule has 11 nitrogen and oxygen atoms in total. The fourth-order valence-electron chi connectivity index (χ4n) is 3.10. The average molecular weight is 472 g/mol. The van der Waals surface area contributed by atoms with Crippen LogP contribution in [-0.2, 0) is 11.2 Å². The number of anilines is 3. The molecule has 1 amide bonds. The van der Waals surface area contributed by atoms with E-state index in [1.54, 1.807) is 30.3 Å². The Hall–Kier alpha value is -5.19. The Bertz CT molecular complexity index is 1370. The number of amides is 1. The van der Waals surface area contributed by atoms with E-state index in [0.29, 0.717) is 16.9 Å². The number of aromatic nitrogens is 3. The van der Waals surface area contributed by atoms with Crippen molar-refractivity contribution in [2.45, 2.75) is 6.42 Å². The van der Waals surface area contributed by atoms with Gasteiger partial charge < -0.3 is 20.9 Å². The fourth-order valence-corrected chi connectivity index (χ4v) is 3.10. The Morgan fingerprint density at radius 3 is 2.43 bits per heavy atom. The van der Waals surface area contributed by atoms with Gasteiger partial charge in [0.25, 0.3) is 5.91 Å². The number of carbonyl (C=O) groups is 3. The van der Waals surface area contributed by atoms with Gasteiger partial charge in [-0.05, 0) is 54.1 Å². The molecule has 0 atom stereocenters. The Morgan fingerprint density at radius 1 is 0.943 bits per heavy atom. The fraction of sp³-hybridized carbons (Fsp3) is 0.0417. The molecule has 0 fully saturated rings. The van der Waals surface area contributed by atoms with Gasteiger partial charge in [-0.3, -0.25) is 14.9 Å². The molecule has 11 heteroatoms. The lowest BCUT2D eigenvalue weighted by Gasteiger charge is -2.10. The largest absolute Gasteiger partial charge is 0.426 e.